The molecule has 2 amide bonds. The molecular formula is C13H18N2O3. The lowest BCUT2D eigenvalue weighted by Gasteiger charge is -2.26. The fourth-order valence-corrected chi connectivity index (χ4v) is 1.89. The maximum absolute atomic E-state index is 11.8. The van der Waals surface area contributed by atoms with E-state index in [1.54, 1.807) is 4.90 Å². The average Bonchev–Trinajstić information content (AvgIpc) is 2.46. The van der Waals surface area contributed by atoms with Gasteiger partial charge in [0.2, 0.25) is 0 Å². The number of carbonyl (C=O) groups is 1. The molecule has 5 nitrogen and oxygen atoms in total. The maximum Gasteiger partial charge on any atom is 0.317 e. The van der Waals surface area contributed by atoms with Crippen LogP contribution >= 0.6 is 0 Å². The van der Waals surface area contributed by atoms with Crippen LogP contribution in [0.15, 0.2) is 24.3 Å². The summed E-state index contributed by atoms with van der Waals surface area (Å²) in [6, 6.07) is 7.49. The minimum atomic E-state index is -0.0623. The molecule has 0 bridgehead atoms. The minimum Gasteiger partial charge on any atom is -0.392 e. The Morgan fingerprint density at radius 3 is 2.78 bits per heavy atom. The standard InChI is InChI=1S/C13H18N2O3/c16-10-12-3-1-2-11(8-12)9-14-13(17)15-4-6-18-7-5-15/h1-3,8,16H,4-7,9-10H2,(H,14,17). The van der Waals surface area contributed by atoms with Crippen molar-refractivity contribution in [2.45, 2.75) is 13.2 Å². The van der Waals surface area contributed by atoms with Gasteiger partial charge in [-0.3, -0.25) is 0 Å². The average molecular weight is 250 g/mol. The predicted octanol–water partition coefficient (Wildman–Crippen LogP) is 0.721. The SMILES string of the molecule is O=C(NCc1cccc(CO)c1)N1CCOCC1. The van der Waals surface area contributed by atoms with Crippen molar-refractivity contribution in [3.63, 3.8) is 0 Å². The van der Waals surface area contributed by atoms with Gasteiger partial charge in [0.1, 0.15) is 0 Å². The van der Waals surface area contributed by atoms with Gasteiger partial charge in [-0.05, 0) is 11.1 Å². The van der Waals surface area contributed by atoms with Crippen molar-refractivity contribution < 1.29 is 14.6 Å². The fraction of sp³-hybridized carbons (Fsp3) is 0.462. The number of urea groups is 1. The van der Waals surface area contributed by atoms with E-state index < -0.39 is 0 Å². The summed E-state index contributed by atoms with van der Waals surface area (Å²) in [4.78, 5) is 13.6. The second-order valence-corrected chi connectivity index (χ2v) is 4.24. The summed E-state index contributed by atoms with van der Waals surface area (Å²) in [5.41, 5.74) is 1.84. The predicted molar refractivity (Wildman–Crippen MR) is 67.0 cm³/mol. The van der Waals surface area contributed by atoms with Gasteiger partial charge >= 0.3 is 6.03 Å². The first-order valence-electron chi connectivity index (χ1n) is 6.09. The highest BCUT2D eigenvalue weighted by molar-refractivity contribution is 5.74. The summed E-state index contributed by atoms with van der Waals surface area (Å²) in [5.74, 6) is 0. The Kier molecular flexibility index (Phi) is 4.55. The number of hydrogen-bond donors (Lipinski definition) is 2. The monoisotopic (exact) mass is 250 g/mol. The molecule has 1 fully saturated rings. The first kappa shape index (κ1) is 12.9. The molecule has 18 heavy (non-hydrogen) atoms. The van der Waals surface area contributed by atoms with E-state index in [1.807, 2.05) is 24.3 Å². The van der Waals surface area contributed by atoms with Crippen LogP contribution in [0.4, 0.5) is 4.79 Å². The van der Waals surface area contributed by atoms with E-state index in [0.29, 0.717) is 32.8 Å². The molecule has 2 N–H and O–H groups in total. The normalized spacial score (nSPS) is 15.5. The van der Waals surface area contributed by atoms with Gasteiger partial charge in [-0.15, -0.1) is 0 Å². The highest BCUT2D eigenvalue weighted by atomic mass is 16.5. The van der Waals surface area contributed by atoms with Gasteiger partial charge in [0.05, 0.1) is 19.8 Å². The number of rotatable bonds is 3. The number of carbonyl (C=O) groups excluding carboxylic acids is 1. The highest BCUT2D eigenvalue weighted by Gasteiger charge is 2.15. The third kappa shape index (κ3) is 3.45. The molecule has 98 valence electrons. The van der Waals surface area contributed by atoms with Crippen molar-refractivity contribution >= 4 is 6.03 Å². The fourth-order valence-electron chi connectivity index (χ4n) is 1.89. The molecule has 0 atom stereocenters. The number of amides is 2. The van der Waals surface area contributed by atoms with E-state index in [-0.39, 0.29) is 12.6 Å². The van der Waals surface area contributed by atoms with Crippen molar-refractivity contribution in [2.24, 2.45) is 0 Å². The van der Waals surface area contributed by atoms with Crippen LogP contribution in [0.2, 0.25) is 0 Å². The van der Waals surface area contributed by atoms with Gasteiger partial charge in [-0.1, -0.05) is 24.3 Å². The number of hydrogen-bond acceptors (Lipinski definition) is 3. The second kappa shape index (κ2) is 6.37. The zero-order chi connectivity index (χ0) is 12.8. The van der Waals surface area contributed by atoms with Gasteiger partial charge in [0.15, 0.2) is 0 Å². The summed E-state index contributed by atoms with van der Waals surface area (Å²) < 4.78 is 5.19. The first-order chi connectivity index (χ1) is 8.79. The summed E-state index contributed by atoms with van der Waals surface area (Å²) in [6.45, 7) is 2.99. The highest BCUT2D eigenvalue weighted by Crippen LogP contribution is 2.05. The quantitative estimate of drug-likeness (QED) is 0.831. The Morgan fingerprint density at radius 1 is 1.33 bits per heavy atom. The number of morpholine rings is 1. The van der Waals surface area contributed by atoms with Crippen LogP contribution in [0, 0.1) is 0 Å². The van der Waals surface area contributed by atoms with Crippen molar-refractivity contribution in [3.05, 3.63) is 35.4 Å². The largest absolute Gasteiger partial charge is 0.392 e. The minimum absolute atomic E-state index is 0.0191. The van der Waals surface area contributed by atoms with Gasteiger partial charge in [-0.2, -0.15) is 0 Å². The Hall–Kier alpha value is -1.59. The van der Waals surface area contributed by atoms with Gasteiger partial charge < -0.3 is 20.1 Å². The Labute approximate surface area is 106 Å². The number of aliphatic hydroxyl groups excluding tert-OH is 1. The van der Waals surface area contributed by atoms with Crippen molar-refractivity contribution in [3.8, 4) is 0 Å². The van der Waals surface area contributed by atoms with E-state index in [4.69, 9.17) is 9.84 Å². The number of nitrogens with zero attached hydrogens (tertiary/aromatic N) is 1. The lowest BCUT2D eigenvalue weighted by Crippen LogP contribution is -2.45. The van der Waals surface area contributed by atoms with Gasteiger partial charge in [0.25, 0.3) is 0 Å². The molecule has 0 unspecified atom stereocenters. The number of nitrogens with one attached hydrogen (secondary N) is 1. The summed E-state index contributed by atoms with van der Waals surface area (Å²) in [5, 5.41) is 11.9. The molecule has 1 aromatic rings. The van der Waals surface area contributed by atoms with E-state index in [1.165, 1.54) is 0 Å². The molecule has 5 heteroatoms. The maximum atomic E-state index is 11.8. The molecule has 0 aromatic heterocycles. The smallest absolute Gasteiger partial charge is 0.317 e. The van der Waals surface area contributed by atoms with Crippen molar-refractivity contribution in [1.82, 2.24) is 10.2 Å². The zero-order valence-electron chi connectivity index (χ0n) is 10.3. The molecule has 1 aliphatic heterocycles. The van der Waals surface area contributed by atoms with Crippen LogP contribution in [-0.4, -0.2) is 42.3 Å². The molecule has 0 aliphatic carbocycles. The molecule has 1 saturated heterocycles. The summed E-state index contributed by atoms with van der Waals surface area (Å²) >= 11 is 0. The Morgan fingerprint density at radius 2 is 2.06 bits per heavy atom. The first-order valence-corrected chi connectivity index (χ1v) is 6.09. The molecule has 0 saturated carbocycles. The molecule has 0 spiro atoms. The molecule has 2 rings (SSSR count). The van der Waals surface area contributed by atoms with Crippen LogP contribution in [-0.2, 0) is 17.9 Å². The number of benzene rings is 1. The Balaban J connectivity index is 1.84. The van der Waals surface area contributed by atoms with Crippen LogP contribution in [0.3, 0.4) is 0 Å². The Bertz CT molecular complexity index is 403. The molecule has 1 heterocycles. The lowest BCUT2D eigenvalue weighted by molar-refractivity contribution is 0.0531. The van der Waals surface area contributed by atoms with Crippen molar-refractivity contribution in [1.29, 1.82) is 0 Å². The summed E-state index contributed by atoms with van der Waals surface area (Å²) in [6.07, 6.45) is 0. The summed E-state index contributed by atoms with van der Waals surface area (Å²) in [7, 11) is 0. The van der Waals surface area contributed by atoms with E-state index in [0.717, 1.165) is 11.1 Å². The topological polar surface area (TPSA) is 61.8 Å². The molecule has 0 radical (unpaired) electrons. The van der Waals surface area contributed by atoms with Gasteiger partial charge in [0, 0.05) is 19.6 Å². The molecule has 1 aromatic carbocycles. The van der Waals surface area contributed by atoms with Gasteiger partial charge in [-0.25, -0.2) is 4.79 Å². The number of ether oxygens (including phenoxy) is 1. The second-order valence-electron chi connectivity index (χ2n) is 4.24. The van der Waals surface area contributed by atoms with E-state index in [9.17, 15) is 4.79 Å². The number of aliphatic hydroxyl groups is 1. The van der Waals surface area contributed by atoms with Crippen LogP contribution in [0.25, 0.3) is 0 Å². The lowest BCUT2D eigenvalue weighted by atomic mass is 10.1. The van der Waals surface area contributed by atoms with E-state index in [2.05, 4.69) is 5.32 Å². The van der Waals surface area contributed by atoms with Crippen molar-refractivity contribution in [2.75, 3.05) is 26.3 Å². The third-order valence-corrected chi connectivity index (χ3v) is 2.92. The zero-order valence-corrected chi connectivity index (χ0v) is 10.3. The molecular weight excluding hydrogens is 232 g/mol. The van der Waals surface area contributed by atoms with Crippen LogP contribution in [0.5, 0.6) is 0 Å². The van der Waals surface area contributed by atoms with Crippen LogP contribution < -0.4 is 5.32 Å². The third-order valence-electron chi connectivity index (χ3n) is 2.92. The van der Waals surface area contributed by atoms with E-state index >= 15 is 0 Å². The van der Waals surface area contributed by atoms with Crippen LogP contribution in [0.1, 0.15) is 11.1 Å². The molecule has 1 aliphatic rings.